The van der Waals surface area contributed by atoms with Gasteiger partial charge in [-0.3, -0.25) is 4.79 Å². The summed E-state index contributed by atoms with van der Waals surface area (Å²) in [4.78, 5) is 14.9. The zero-order valence-corrected chi connectivity index (χ0v) is 13.5. The summed E-state index contributed by atoms with van der Waals surface area (Å²) in [7, 11) is 0. The Hall–Kier alpha value is -2.75. The minimum absolute atomic E-state index is 0.0993. The first-order valence-electron chi connectivity index (χ1n) is 8.41. The molecule has 0 amide bonds. The van der Waals surface area contributed by atoms with Crippen LogP contribution in [0.2, 0.25) is 0 Å². The van der Waals surface area contributed by atoms with Gasteiger partial charge in [-0.25, -0.2) is 0 Å². The van der Waals surface area contributed by atoms with Crippen LogP contribution >= 0.6 is 0 Å². The summed E-state index contributed by atoms with van der Waals surface area (Å²) in [6.45, 7) is 2.09. The van der Waals surface area contributed by atoms with Crippen molar-refractivity contribution in [2.24, 2.45) is 0 Å². The molecule has 4 rings (SSSR count). The summed E-state index contributed by atoms with van der Waals surface area (Å²) >= 11 is 0. The van der Waals surface area contributed by atoms with Gasteiger partial charge in [0.1, 0.15) is 11.3 Å². The smallest absolute Gasteiger partial charge is 0.195 e. The average Bonchev–Trinajstić information content (AvgIpc) is 2.62. The van der Waals surface area contributed by atoms with Crippen LogP contribution in [0.5, 0.6) is 0 Å². The van der Waals surface area contributed by atoms with Gasteiger partial charge in [0.15, 0.2) is 5.43 Å². The molecule has 4 heteroatoms. The molecule has 1 saturated heterocycles. The van der Waals surface area contributed by atoms with E-state index in [4.69, 9.17) is 10.2 Å². The lowest BCUT2D eigenvalue weighted by molar-refractivity contribution is 0.576. The third-order valence-electron chi connectivity index (χ3n) is 4.65. The van der Waals surface area contributed by atoms with E-state index in [1.165, 1.54) is 19.3 Å². The Morgan fingerprint density at radius 3 is 2.58 bits per heavy atom. The molecule has 2 N–H and O–H groups in total. The van der Waals surface area contributed by atoms with Crippen LogP contribution in [0.1, 0.15) is 19.3 Å². The second-order valence-electron chi connectivity index (χ2n) is 6.26. The van der Waals surface area contributed by atoms with Gasteiger partial charge >= 0.3 is 0 Å². The maximum atomic E-state index is 12.5. The number of piperidine rings is 1. The largest absolute Gasteiger partial charge is 0.456 e. The highest BCUT2D eigenvalue weighted by atomic mass is 16.3. The number of fused-ring (bicyclic) bond motifs is 1. The Kier molecular flexibility index (Phi) is 3.73. The van der Waals surface area contributed by atoms with E-state index in [0.29, 0.717) is 22.4 Å². The number of benzene rings is 2. The van der Waals surface area contributed by atoms with Gasteiger partial charge in [-0.15, -0.1) is 0 Å². The first-order chi connectivity index (χ1) is 11.7. The number of nitrogen functional groups attached to an aromatic ring is 1. The third kappa shape index (κ3) is 2.54. The van der Waals surface area contributed by atoms with Gasteiger partial charge in [-0.2, -0.15) is 0 Å². The fraction of sp³-hybridized carbons (Fsp3) is 0.250. The summed E-state index contributed by atoms with van der Waals surface area (Å²) < 4.78 is 6.03. The minimum atomic E-state index is -0.0993. The van der Waals surface area contributed by atoms with Gasteiger partial charge in [0.05, 0.1) is 5.39 Å². The van der Waals surface area contributed by atoms with E-state index >= 15 is 0 Å². The van der Waals surface area contributed by atoms with Crippen LogP contribution in [0.4, 0.5) is 11.4 Å². The fourth-order valence-electron chi connectivity index (χ4n) is 3.46. The lowest BCUT2D eigenvalue weighted by Crippen LogP contribution is -2.29. The Morgan fingerprint density at radius 1 is 0.958 bits per heavy atom. The van der Waals surface area contributed by atoms with E-state index in [0.717, 1.165) is 24.3 Å². The number of anilines is 2. The average molecular weight is 320 g/mol. The van der Waals surface area contributed by atoms with Gasteiger partial charge < -0.3 is 15.1 Å². The van der Waals surface area contributed by atoms with E-state index in [-0.39, 0.29) is 5.43 Å². The summed E-state index contributed by atoms with van der Waals surface area (Å²) in [6, 6.07) is 15.0. The number of nitrogens with zero attached hydrogens (tertiary/aromatic N) is 1. The summed E-state index contributed by atoms with van der Waals surface area (Å²) in [5.74, 6) is 0.597. The molecule has 0 spiro atoms. The van der Waals surface area contributed by atoms with Crippen molar-refractivity contribution in [1.82, 2.24) is 0 Å². The normalized spacial score (nSPS) is 14.9. The molecule has 0 unspecified atom stereocenters. The highest BCUT2D eigenvalue weighted by Crippen LogP contribution is 2.33. The topological polar surface area (TPSA) is 59.5 Å². The summed E-state index contributed by atoms with van der Waals surface area (Å²) in [6.07, 6.45) is 3.68. The minimum Gasteiger partial charge on any atom is -0.456 e. The van der Waals surface area contributed by atoms with Crippen molar-refractivity contribution >= 4 is 22.3 Å². The van der Waals surface area contributed by atoms with Crippen LogP contribution in [-0.2, 0) is 0 Å². The van der Waals surface area contributed by atoms with Crippen molar-refractivity contribution < 1.29 is 4.42 Å². The Labute approximate surface area is 140 Å². The predicted octanol–water partition coefficient (Wildman–Crippen LogP) is 4.03. The first kappa shape index (κ1) is 14.8. The van der Waals surface area contributed by atoms with Crippen molar-refractivity contribution in [2.45, 2.75) is 19.3 Å². The van der Waals surface area contributed by atoms with E-state index in [1.54, 1.807) is 24.3 Å². The van der Waals surface area contributed by atoms with Crippen LogP contribution in [0, 0.1) is 0 Å². The molecule has 2 aromatic carbocycles. The molecule has 3 aromatic rings. The van der Waals surface area contributed by atoms with Gasteiger partial charge in [0.2, 0.25) is 0 Å². The van der Waals surface area contributed by atoms with Crippen molar-refractivity contribution in [1.29, 1.82) is 0 Å². The molecule has 24 heavy (non-hydrogen) atoms. The molecule has 2 heterocycles. The molecule has 0 bridgehead atoms. The number of rotatable bonds is 2. The second kappa shape index (κ2) is 6.04. The Morgan fingerprint density at radius 2 is 1.75 bits per heavy atom. The number of hydrogen-bond donors (Lipinski definition) is 1. The van der Waals surface area contributed by atoms with Gasteiger partial charge in [-0.05, 0) is 43.5 Å². The van der Waals surface area contributed by atoms with Crippen molar-refractivity contribution in [3.05, 3.63) is 58.8 Å². The zero-order chi connectivity index (χ0) is 16.5. The maximum absolute atomic E-state index is 12.5. The quantitative estimate of drug-likeness (QED) is 0.724. The van der Waals surface area contributed by atoms with Crippen molar-refractivity contribution in [3.8, 4) is 11.3 Å². The second-order valence-corrected chi connectivity index (χ2v) is 6.26. The van der Waals surface area contributed by atoms with Crippen molar-refractivity contribution in [2.75, 3.05) is 23.7 Å². The van der Waals surface area contributed by atoms with Crippen LogP contribution < -0.4 is 16.1 Å². The van der Waals surface area contributed by atoms with E-state index in [2.05, 4.69) is 11.0 Å². The predicted molar refractivity (Wildman–Crippen MR) is 98.4 cm³/mol. The number of para-hydroxylation sites is 1. The van der Waals surface area contributed by atoms with Crippen LogP contribution in [-0.4, -0.2) is 13.1 Å². The molecule has 1 fully saturated rings. The SMILES string of the molecule is Nc1cccc2oc(-c3ccccc3N3CCCCC3)cc(=O)c12. The summed E-state index contributed by atoms with van der Waals surface area (Å²) in [5, 5.41) is 0.455. The first-order valence-corrected chi connectivity index (χ1v) is 8.41. The molecule has 4 nitrogen and oxygen atoms in total. The molecule has 0 radical (unpaired) electrons. The third-order valence-corrected chi connectivity index (χ3v) is 4.65. The molecular weight excluding hydrogens is 300 g/mol. The number of nitrogens with two attached hydrogens (primary N) is 1. The highest BCUT2D eigenvalue weighted by molar-refractivity contribution is 5.90. The molecule has 1 aliphatic rings. The van der Waals surface area contributed by atoms with E-state index in [9.17, 15) is 4.79 Å². The Balaban J connectivity index is 1.88. The highest BCUT2D eigenvalue weighted by Gasteiger charge is 2.17. The summed E-state index contributed by atoms with van der Waals surface area (Å²) in [5.41, 5.74) is 8.90. The molecule has 1 aromatic heterocycles. The lowest BCUT2D eigenvalue weighted by atomic mass is 10.0. The molecular formula is C20H20N2O2. The molecule has 1 aliphatic heterocycles. The zero-order valence-electron chi connectivity index (χ0n) is 13.5. The molecule has 122 valence electrons. The lowest BCUT2D eigenvalue weighted by Gasteiger charge is -2.30. The maximum Gasteiger partial charge on any atom is 0.195 e. The molecule has 0 atom stereocenters. The van der Waals surface area contributed by atoms with Gasteiger partial charge in [0, 0.05) is 36.1 Å². The molecule has 0 aliphatic carbocycles. The van der Waals surface area contributed by atoms with Gasteiger partial charge in [0.25, 0.3) is 0 Å². The van der Waals surface area contributed by atoms with Crippen molar-refractivity contribution in [3.63, 3.8) is 0 Å². The Bertz CT molecular complexity index is 940. The van der Waals surface area contributed by atoms with Crippen LogP contribution in [0.25, 0.3) is 22.3 Å². The monoisotopic (exact) mass is 320 g/mol. The molecule has 0 saturated carbocycles. The van der Waals surface area contributed by atoms with E-state index < -0.39 is 0 Å². The standard InChI is InChI=1S/C20H20N2O2/c21-15-8-6-10-18-20(15)17(23)13-19(24-18)14-7-2-3-9-16(14)22-11-4-1-5-12-22/h2-3,6-10,13H,1,4-5,11-12,21H2. The van der Waals surface area contributed by atoms with Crippen LogP contribution in [0.15, 0.2) is 57.7 Å². The number of hydrogen-bond acceptors (Lipinski definition) is 4. The van der Waals surface area contributed by atoms with Gasteiger partial charge in [-0.1, -0.05) is 18.2 Å². The fourth-order valence-corrected chi connectivity index (χ4v) is 3.46. The van der Waals surface area contributed by atoms with Crippen LogP contribution in [0.3, 0.4) is 0 Å². The van der Waals surface area contributed by atoms with E-state index in [1.807, 2.05) is 18.2 Å².